The highest BCUT2D eigenvalue weighted by Crippen LogP contribution is 2.25. The molecule has 0 aliphatic rings. The van der Waals surface area contributed by atoms with Gasteiger partial charge in [-0.05, 0) is 17.7 Å². The normalized spacial score (nSPS) is 10.1. The van der Waals surface area contributed by atoms with Crippen molar-refractivity contribution in [2.75, 3.05) is 7.11 Å². The van der Waals surface area contributed by atoms with E-state index in [0.717, 1.165) is 15.6 Å². The summed E-state index contributed by atoms with van der Waals surface area (Å²) >= 11 is 3.41. The van der Waals surface area contributed by atoms with Crippen LogP contribution in [-0.4, -0.2) is 13.1 Å². The van der Waals surface area contributed by atoms with Gasteiger partial charge < -0.3 is 9.47 Å². The number of methoxy groups -OCH3 is 1. The van der Waals surface area contributed by atoms with E-state index in [1.165, 1.54) is 7.11 Å². The smallest absolute Gasteiger partial charge is 0.310 e. The first-order valence-electron chi connectivity index (χ1n) is 6.21. The van der Waals surface area contributed by atoms with Crippen molar-refractivity contribution >= 4 is 21.9 Å². The number of hydrogen-bond donors (Lipinski definition) is 0. The minimum atomic E-state index is -0.281. The quantitative estimate of drug-likeness (QED) is 0.781. The molecule has 2 aromatic carbocycles. The number of hydrogen-bond acceptors (Lipinski definition) is 3. The molecular weight excluding hydrogens is 320 g/mol. The molecule has 0 aliphatic carbocycles. The second-order valence-electron chi connectivity index (χ2n) is 4.28. The zero-order valence-electron chi connectivity index (χ0n) is 11.1. The van der Waals surface area contributed by atoms with Crippen molar-refractivity contribution in [2.24, 2.45) is 0 Å². The Balaban J connectivity index is 2.13. The van der Waals surface area contributed by atoms with Crippen molar-refractivity contribution < 1.29 is 14.3 Å². The van der Waals surface area contributed by atoms with Crippen LogP contribution in [-0.2, 0) is 22.6 Å². The SMILES string of the molecule is COC(=O)Cc1ccc(Br)cc1OCc1ccccc1. The van der Waals surface area contributed by atoms with Crippen molar-refractivity contribution in [1.82, 2.24) is 0 Å². The molecule has 0 saturated carbocycles. The van der Waals surface area contributed by atoms with Gasteiger partial charge in [-0.25, -0.2) is 0 Å². The highest BCUT2D eigenvalue weighted by atomic mass is 79.9. The molecular formula is C16H15BrO3. The van der Waals surface area contributed by atoms with E-state index in [4.69, 9.17) is 9.47 Å². The molecule has 3 nitrogen and oxygen atoms in total. The van der Waals surface area contributed by atoms with Crippen LogP contribution < -0.4 is 4.74 Å². The van der Waals surface area contributed by atoms with Crippen LogP contribution in [0.4, 0.5) is 0 Å². The molecule has 20 heavy (non-hydrogen) atoms. The van der Waals surface area contributed by atoms with Crippen molar-refractivity contribution in [1.29, 1.82) is 0 Å². The molecule has 2 rings (SSSR count). The van der Waals surface area contributed by atoms with E-state index in [1.54, 1.807) is 0 Å². The van der Waals surface area contributed by atoms with Gasteiger partial charge >= 0.3 is 5.97 Å². The van der Waals surface area contributed by atoms with Crippen LogP contribution in [0.25, 0.3) is 0 Å². The highest BCUT2D eigenvalue weighted by Gasteiger charge is 2.10. The lowest BCUT2D eigenvalue weighted by Gasteiger charge is -2.11. The van der Waals surface area contributed by atoms with E-state index >= 15 is 0 Å². The Morgan fingerprint density at radius 3 is 2.60 bits per heavy atom. The lowest BCUT2D eigenvalue weighted by atomic mass is 10.1. The van der Waals surface area contributed by atoms with E-state index < -0.39 is 0 Å². The second-order valence-corrected chi connectivity index (χ2v) is 5.19. The fraction of sp³-hybridized carbons (Fsp3) is 0.188. The molecule has 0 atom stereocenters. The zero-order valence-corrected chi connectivity index (χ0v) is 12.7. The van der Waals surface area contributed by atoms with Gasteiger partial charge in [0.05, 0.1) is 13.5 Å². The standard InChI is InChI=1S/C16H15BrO3/c1-19-16(18)9-13-7-8-14(17)10-15(13)20-11-12-5-3-2-4-6-12/h2-8,10H,9,11H2,1H3. The third kappa shape index (κ3) is 4.10. The van der Waals surface area contributed by atoms with Gasteiger partial charge in [0.25, 0.3) is 0 Å². The average molecular weight is 335 g/mol. The summed E-state index contributed by atoms with van der Waals surface area (Å²) in [6.07, 6.45) is 0.202. The molecule has 0 N–H and O–H groups in total. The molecule has 0 amide bonds. The Bertz CT molecular complexity index is 582. The fourth-order valence-corrected chi connectivity index (χ4v) is 2.11. The Hall–Kier alpha value is -1.81. The molecule has 0 aromatic heterocycles. The van der Waals surface area contributed by atoms with Crippen molar-refractivity contribution in [3.8, 4) is 5.75 Å². The summed E-state index contributed by atoms with van der Waals surface area (Å²) in [6, 6.07) is 15.5. The summed E-state index contributed by atoms with van der Waals surface area (Å²) < 4.78 is 11.4. The maximum absolute atomic E-state index is 11.4. The summed E-state index contributed by atoms with van der Waals surface area (Å²) in [5, 5.41) is 0. The van der Waals surface area contributed by atoms with Gasteiger partial charge in [-0.1, -0.05) is 52.3 Å². The molecule has 0 saturated heterocycles. The Morgan fingerprint density at radius 2 is 1.90 bits per heavy atom. The van der Waals surface area contributed by atoms with E-state index in [0.29, 0.717) is 12.4 Å². The maximum atomic E-state index is 11.4. The van der Waals surface area contributed by atoms with E-state index in [2.05, 4.69) is 15.9 Å². The van der Waals surface area contributed by atoms with Gasteiger partial charge in [0.15, 0.2) is 0 Å². The van der Waals surface area contributed by atoms with Crippen LogP contribution in [0.3, 0.4) is 0 Å². The predicted octanol–water partition coefficient (Wildman–Crippen LogP) is 3.74. The number of carbonyl (C=O) groups excluding carboxylic acids is 1. The average Bonchev–Trinajstić information content (AvgIpc) is 2.48. The highest BCUT2D eigenvalue weighted by molar-refractivity contribution is 9.10. The summed E-state index contributed by atoms with van der Waals surface area (Å²) in [5.41, 5.74) is 1.90. The summed E-state index contributed by atoms with van der Waals surface area (Å²) in [6.45, 7) is 0.464. The Morgan fingerprint density at radius 1 is 1.15 bits per heavy atom. The van der Waals surface area contributed by atoms with E-state index in [-0.39, 0.29) is 12.4 Å². The van der Waals surface area contributed by atoms with Crippen LogP contribution in [0.15, 0.2) is 53.0 Å². The van der Waals surface area contributed by atoms with Gasteiger partial charge in [-0.2, -0.15) is 0 Å². The van der Waals surface area contributed by atoms with Gasteiger partial charge in [-0.3, -0.25) is 4.79 Å². The molecule has 104 valence electrons. The summed E-state index contributed by atoms with van der Waals surface area (Å²) in [7, 11) is 1.38. The zero-order chi connectivity index (χ0) is 14.4. The van der Waals surface area contributed by atoms with E-state index in [9.17, 15) is 4.79 Å². The third-order valence-corrected chi connectivity index (χ3v) is 3.32. The lowest BCUT2D eigenvalue weighted by molar-refractivity contribution is -0.139. The van der Waals surface area contributed by atoms with Crippen LogP contribution in [0.2, 0.25) is 0 Å². The molecule has 0 aliphatic heterocycles. The van der Waals surface area contributed by atoms with Crippen molar-refractivity contribution in [2.45, 2.75) is 13.0 Å². The van der Waals surface area contributed by atoms with Crippen molar-refractivity contribution in [3.05, 3.63) is 64.1 Å². The number of benzene rings is 2. The minimum absolute atomic E-state index is 0.202. The fourth-order valence-electron chi connectivity index (χ4n) is 1.77. The number of halogens is 1. The number of rotatable bonds is 5. The first-order valence-corrected chi connectivity index (χ1v) is 7.00. The van der Waals surface area contributed by atoms with Crippen LogP contribution in [0, 0.1) is 0 Å². The maximum Gasteiger partial charge on any atom is 0.310 e. The van der Waals surface area contributed by atoms with Crippen LogP contribution >= 0.6 is 15.9 Å². The number of ether oxygens (including phenoxy) is 2. The molecule has 0 heterocycles. The summed E-state index contributed by atoms with van der Waals surface area (Å²) in [4.78, 5) is 11.4. The molecule has 4 heteroatoms. The van der Waals surface area contributed by atoms with Gasteiger partial charge in [0.1, 0.15) is 12.4 Å². The molecule has 0 radical (unpaired) electrons. The third-order valence-electron chi connectivity index (χ3n) is 2.83. The van der Waals surface area contributed by atoms with Gasteiger partial charge in [-0.15, -0.1) is 0 Å². The molecule has 0 fully saturated rings. The summed E-state index contributed by atoms with van der Waals surface area (Å²) in [5.74, 6) is 0.408. The van der Waals surface area contributed by atoms with Gasteiger partial charge in [0.2, 0.25) is 0 Å². The largest absolute Gasteiger partial charge is 0.489 e. The molecule has 0 unspecified atom stereocenters. The predicted molar refractivity (Wildman–Crippen MR) is 80.6 cm³/mol. The van der Waals surface area contributed by atoms with Gasteiger partial charge in [0, 0.05) is 10.0 Å². The molecule has 0 spiro atoms. The number of carbonyl (C=O) groups is 1. The first kappa shape index (κ1) is 14.6. The molecule has 2 aromatic rings. The minimum Gasteiger partial charge on any atom is -0.489 e. The van der Waals surface area contributed by atoms with Crippen LogP contribution in [0.5, 0.6) is 5.75 Å². The Kier molecular flexibility index (Phi) is 5.18. The second kappa shape index (κ2) is 7.10. The van der Waals surface area contributed by atoms with Crippen LogP contribution in [0.1, 0.15) is 11.1 Å². The molecule has 0 bridgehead atoms. The lowest BCUT2D eigenvalue weighted by Crippen LogP contribution is -2.07. The number of esters is 1. The Labute approximate surface area is 126 Å². The monoisotopic (exact) mass is 334 g/mol. The topological polar surface area (TPSA) is 35.5 Å². The van der Waals surface area contributed by atoms with Crippen molar-refractivity contribution in [3.63, 3.8) is 0 Å². The van der Waals surface area contributed by atoms with E-state index in [1.807, 2.05) is 48.5 Å². The first-order chi connectivity index (χ1) is 9.69.